The van der Waals surface area contributed by atoms with Gasteiger partial charge in [-0.15, -0.1) is 0 Å². The van der Waals surface area contributed by atoms with E-state index in [-0.39, 0.29) is 23.8 Å². The molecule has 1 N–H and O–H groups in total. The number of carbonyl (C=O) groups is 1. The third kappa shape index (κ3) is 4.26. The molecule has 31 heavy (non-hydrogen) atoms. The number of carboxylic acid groups (broad SMARTS) is 1. The van der Waals surface area contributed by atoms with Gasteiger partial charge >= 0.3 is 5.97 Å². The van der Waals surface area contributed by atoms with E-state index in [1.54, 1.807) is 26.4 Å². The zero-order valence-corrected chi connectivity index (χ0v) is 18.0. The smallest absolute Gasteiger partial charge is 0.309 e. The van der Waals surface area contributed by atoms with Crippen molar-refractivity contribution in [3.05, 3.63) is 59.4 Å². The predicted molar refractivity (Wildman–Crippen MR) is 114 cm³/mol. The summed E-state index contributed by atoms with van der Waals surface area (Å²) in [6, 6.07) is 12.2. The van der Waals surface area contributed by atoms with Gasteiger partial charge in [-0.05, 0) is 72.9 Å². The molecule has 2 fully saturated rings. The fourth-order valence-corrected chi connectivity index (χ4v) is 5.07. The van der Waals surface area contributed by atoms with E-state index in [1.807, 2.05) is 18.2 Å². The summed E-state index contributed by atoms with van der Waals surface area (Å²) in [5.74, 6) is 0.537. The Kier molecular flexibility index (Phi) is 6.19. The van der Waals surface area contributed by atoms with Crippen molar-refractivity contribution in [2.75, 3.05) is 20.8 Å². The minimum atomic E-state index is -0.714. The van der Waals surface area contributed by atoms with Crippen LogP contribution in [-0.4, -0.2) is 31.9 Å². The highest BCUT2D eigenvalue weighted by Gasteiger charge is 2.50. The topological polar surface area (TPSA) is 65.0 Å². The molecule has 0 aromatic heterocycles. The molecule has 5 nitrogen and oxygen atoms in total. The lowest BCUT2D eigenvalue weighted by Crippen LogP contribution is -2.41. The first-order valence-corrected chi connectivity index (χ1v) is 10.8. The zero-order chi connectivity index (χ0) is 22.0. The molecule has 2 aromatic rings. The quantitative estimate of drug-likeness (QED) is 0.639. The molecule has 166 valence electrons. The molecule has 0 amide bonds. The molecule has 0 radical (unpaired) electrons. The van der Waals surface area contributed by atoms with Crippen LogP contribution in [0.25, 0.3) is 0 Å². The number of carboxylic acids is 1. The fraction of sp³-hybridized carbons (Fsp3) is 0.480. The van der Waals surface area contributed by atoms with Crippen LogP contribution in [0, 0.1) is 23.1 Å². The highest BCUT2D eigenvalue weighted by Crippen LogP contribution is 2.53. The van der Waals surface area contributed by atoms with E-state index in [2.05, 4.69) is 0 Å². The molecule has 0 bridgehead atoms. The number of hydrogen-bond donors (Lipinski definition) is 1. The van der Waals surface area contributed by atoms with Gasteiger partial charge in [0.25, 0.3) is 0 Å². The Morgan fingerprint density at radius 3 is 2.42 bits per heavy atom. The predicted octanol–water partition coefficient (Wildman–Crippen LogP) is 5.03. The van der Waals surface area contributed by atoms with Gasteiger partial charge < -0.3 is 19.3 Å². The van der Waals surface area contributed by atoms with Crippen LogP contribution in [0.3, 0.4) is 0 Å². The van der Waals surface area contributed by atoms with Crippen LogP contribution >= 0.6 is 0 Å². The number of ether oxygens (including phenoxy) is 3. The van der Waals surface area contributed by atoms with Gasteiger partial charge in [0, 0.05) is 0 Å². The molecule has 1 heterocycles. The molecule has 1 saturated carbocycles. The highest BCUT2D eigenvalue weighted by atomic mass is 19.1. The molecule has 1 saturated heterocycles. The van der Waals surface area contributed by atoms with Crippen LogP contribution < -0.4 is 9.47 Å². The summed E-state index contributed by atoms with van der Waals surface area (Å²) in [6.07, 6.45) is 3.45. The summed E-state index contributed by atoms with van der Waals surface area (Å²) < 4.78 is 30.4. The average molecular weight is 429 g/mol. The molecule has 6 heteroatoms. The summed E-state index contributed by atoms with van der Waals surface area (Å²) in [5, 5.41) is 9.92. The van der Waals surface area contributed by atoms with Crippen LogP contribution in [0.15, 0.2) is 42.5 Å². The third-order valence-electron chi connectivity index (χ3n) is 7.02. The van der Waals surface area contributed by atoms with E-state index in [9.17, 15) is 14.3 Å². The highest BCUT2D eigenvalue weighted by molar-refractivity contribution is 5.75. The van der Waals surface area contributed by atoms with Crippen molar-refractivity contribution in [1.82, 2.24) is 0 Å². The molecule has 3 atom stereocenters. The van der Waals surface area contributed by atoms with Gasteiger partial charge in [0.15, 0.2) is 11.5 Å². The van der Waals surface area contributed by atoms with Gasteiger partial charge in [-0.25, -0.2) is 4.39 Å². The fourth-order valence-electron chi connectivity index (χ4n) is 5.07. The normalized spacial score (nSPS) is 24.4. The maximum absolute atomic E-state index is 13.5. The second-order valence-electron chi connectivity index (χ2n) is 8.77. The second-order valence-corrected chi connectivity index (χ2v) is 8.77. The van der Waals surface area contributed by atoms with Crippen molar-refractivity contribution in [1.29, 1.82) is 0 Å². The Morgan fingerprint density at radius 1 is 1.13 bits per heavy atom. The van der Waals surface area contributed by atoms with Crippen LogP contribution in [0.2, 0.25) is 0 Å². The summed E-state index contributed by atoms with van der Waals surface area (Å²) >= 11 is 0. The molecule has 2 aliphatic rings. The van der Waals surface area contributed by atoms with Crippen molar-refractivity contribution >= 4 is 5.97 Å². The van der Waals surface area contributed by atoms with Gasteiger partial charge in [0.2, 0.25) is 0 Å². The zero-order valence-electron chi connectivity index (χ0n) is 18.0. The number of halogens is 1. The lowest BCUT2D eigenvalue weighted by atomic mass is 9.61. The third-order valence-corrected chi connectivity index (χ3v) is 7.02. The van der Waals surface area contributed by atoms with E-state index in [4.69, 9.17) is 14.2 Å². The standard InChI is InChI=1S/C25H29FO5/c1-29-21-9-4-16(13-22(21)30-2)12-18-15-31-23(17-5-7-19(26)8-6-17)20(18)14-25(24(27)28)10-3-11-25/h4-9,13,18,20,23H,3,10-12,14-15H2,1-2H3,(H,27,28)/t18-,20+,23+/m0/s1. The first-order valence-electron chi connectivity index (χ1n) is 10.8. The number of rotatable bonds is 8. The van der Waals surface area contributed by atoms with Crippen molar-refractivity contribution in [2.24, 2.45) is 17.3 Å². The molecular weight excluding hydrogens is 399 g/mol. The van der Waals surface area contributed by atoms with Crippen molar-refractivity contribution in [2.45, 2.75) is 38.2 Å². The summed E-state index contributed by atoms with van der Waals surface area (Å²) in [5.41, 5.74) is 1.32. The van der Waals surface area contributed by atoms with Crippen molar-refractivity contribution in [3.63, 3.8) is 0 Å². The minimum absolute atomic E-state index is 0.0370. The Balaban J connectivity index is 1.61. The Morgan fingerprint density at radius 2 is 1.84 bits per heavy atom. The minimum Gasteiger partial charge on any atom is -0.493 e. The molecular formula is C25H29FO5. The summed E-state index contributed by atoms with van der Waals surface area (Å²) in [4.78, 5) is 12.1. The number of methoxy groups -OCH3 is 2. The molecule has 1 aliphatic carbocycles. The number of aliphatic carboxylic acids is 1. The Hall–Kier alpha value is -2.60. The van der Waals surface area contributed by atoms with Gasteiger partial charge in [-0.3, -0.25) is 4.79 Å². The van der Waals surface area contributed by atoms with Crippen LogP contribution in [0.1, 0.15) is 42.9 Å². The van der Waals surface area contributed by atoms with E-state index < -0.39 is 11.4 Å². The molecule has 2 aromatic carbocycles. The lowest BCUT2D eigenvalue weighted by Gasteiger charge is -2.41. The maximum Gasteiger partial charge on any atom is 0.309 e. The SMILES string of the molecule is COc1ccc(C[C@H]2CO[C@H](c3ccc(F)cc3)[C@@H]2CC2(C(=O)O)CCC2)cc1OC. The summed E-state index contributed by atoms with van der Waals surface area (Å²) in [7, 11) is 3.22. The van der Waals surface area contributed by atoms with Crippen LogP contribution in [0.4, 0.5) is 4.39 Å². The Labute approximate surface area is 182 Å². The van der Waals surface area contributed by atoms with E-state index >= 15 is 0 Å². The van der Waals surface area contributed by atoms with Gasteiger partial charge in [0.05, 0.1) is 32.3 Å². The largest absolute Gasteiger partial charge is 0.493 e. The van der Waals surface area contributed by atoms with E-state index in [1.165, 1.54) is 12.1 Å². The van der Waals surface area contributed by atoms with Crippen molar-refractivity contribution < 1.29 is 28.5 Å². The summed E-state index contributed by atoms with van der Waals surface area (Å²) in [6.45, 7) is 0.538. The van der Waals surface area contributed by atoms with E-state index in [0.717, 1.165) is 24.0 Å². The second kappa shape index (κ2) is 8.87. The van der Waals surface area contributed by atoms with Crippen molar-refractivity contribution in [3.8, 4) is 11.5 Å². The van der Waals surface area contributed by atoms with Crippen LogP contribution in [-0.2, 0) is 16.0 Å². The number of benzene rings is 2. The number of hydrogen-bond acceptors (Lipinski definition) is 4. The maximum atomic E-state index is 13.5. The molecule has 4 rings (SSSR count). The van der Waals surface area contributed by atoms with Gasteiger partial charge in [-0.2, -0.15) is 0 Å². The van der Waals surface area contributed by atoms with Gasteiger partial charge in [0.1, 0.15) is 5.82 Å². The molecule has 1 aliphatic heterocycles. The molecule has 0 spiro atoms. The first kappa shape index (κ1) is 21.6. The lowest BCUT2D eigenvalue weighted by molar-refractivity contribution is -0.156. The van der Waals surface area contributed by atoms with E-state index in [0.29, 0.717) is 37.4 Å². The average Bonchev–Trinajstić information content (AvgIpc) is 3.12. The first-order chi connectivity index (χ1) is 15.0. The van der Waals surface area contributed by atoms with Gasteiger partial charge in [-0.1, -0.05) is 24.6 Å². The monoisotopic (exact) mass is 428 g/mol. The van der Waals surface area contributed by atoms with Crippen LogP contribution in [0.5, 0.6) is 11.5 Å². The Bertz CT molecular complexity index is 922. The molecule has 0 unspecified atom stereocenters.